The van der Waals surface area contributed by atoms with Crippen LogP contribution in [-0.4, -0.2) is 56.8 Å². The Morgan fingerprint density at radius 1 is 1.33 bits per heavy atom. The van der Waals surface area contributed by atoms with Crippen LogP contribution in [0.3, 0.4) is 0 Å². The van der Waals surface area contributed by atoms with Gasteiger partial charge in [0.15, 0.2) is 0 Å². The zero-order valence-electron chi connectivity index (χ0n) is 16.0. The van der Waals surface area contributed by atoms with Gasteiger partial charge in [0.1, 0.15) is 12.4 Å². The lowest BCUT2D eigenvalue weighted by atomic mass is 10.1. The summed E-state index contributed by atoms with van der Waals surface area (Å²) in [6.07, 6.45) is 3.38. The summed E-state index contributed by atoms with van der Waals surface area (Å²) in [4.78, 5) is 14.0. The summed E-state index contributed by atoms with van der Waals surface area (Å²) in [5.74, 6) is 0.879. The molecule has 3 N–H and O–H groups in total. The molecule has 0 spiro atoms. The molecule has 1 aromatic carbocycles. The first-order valence-electron chi connectivity index (χ1n) is 9.15. The first kappa shape index (κ1) is 26.0. The quantitative estimate of drug-likeness (QED) is 0.606. The molecule has 1 fully saturated rings. The zero-order chi connectivity index (χ0) is 17.9. The third kappa shape index (κ3) is 10.2. The lowest BCUT2D eigenvalue weighted by Crippen LogP contribution is -2.38. The van der Waals surface area contributed by atoms with Gasteiger partial charge in [0.25, 0.3) is 0 Å². The van der Waals surface area contributed by atoms with Gasteiger partial charge in [-0.05, 0) is 50.6 Å². The van der Waals surface area contributed by atoms with Gasteiger partial charge in [-0.3, -0.25) is 9.69 Å². The molecule has 2 rings (SSSR count). The van der Waals surface area contributed by atoms with Crippen molar-refractivity contribution in [3.8, 4) is 5.75 Å². The molecule has 0 aliphatic carbocycles. The van der Waals surface area contributed by atoms with E-state index in [-0.39, 0.29) is 30.7 Å². The van der Waals surface area contributed by atoms with Crippen LogP contribution < -0.4 is 15.8 Å². The maximum atomic E-state index is 11.6. The Kier molecular flexibility index (Phi) is 14.4. The Labute approximate surface area is 175 Å². The molecule has 8 heteroatoms. The average molecular weight is 422 g/mol. The number of carbonyl (C=O) groups is 1. The van der Waals surface area contributed by atoms with Gasteiger partial charge < -0.3 is 20.5 Å². The molecule has 0 unspecified atom stereocenters. The van der Waals surface area contributed by atoms with E-state index >= 15 is 0 Å². The van der Waals surface area contributed by atoms with Gasteiger partial charge in [0.2, 0.25) is 5.91 Å². The summed E-state index contributed by atoms with van der Waals surface area (Å²) in [5, 5.41) is 2.91. The number of halogens is 2. The normalized spacial score (nSPS) is 14.2. The van der Waals surface area contributed by atoms with Crippen LogP contribution in [0.15, 0.2) is 24.3 Å². The van der Waals surface area contributed by atoms with Crippen molar-refractivity contribution in [3.63, 3.8) is 0 Å². The van der Waals surface area contributed by atoms with Crippen LogP contribution in [0.5, 0.6) is 5.75 Å². The third-order valence-corrected chi connectivity index (χ3v) is 4.52. The van der Waals surface area contributed by atoms with E-state index in [1.165, 1.54) is 0 Å². The highest BCUT2D eigenvalue weighted by Crippen LogP contribution is 2.15. The van der Waals surface area contributed by atoms with Gasteiger partial charge in [-0.15, -0.1) is 24.8 Å². The number of hydrogen-bond donors (Lipinski definition) is 2. The first-order chi connectivity index (χ1) is 12.2. The Balaban J connectivity index is 0.00000338. The molecular formula is C19H33Cl2N3O3. The van der Waals surface area contributed by atoms with Crippen molar-refractivity contribution >= 4 is 30.7 Å². The number of hydrogen-bond acceptors (Lipinski definition) is 5. The van der Waals surface area contributed by atoms with Gasteiger partial charge in [-0.25, -0.2) is 0 Å². The molecule has 1 aliphatic heterocycles. The second-order valence-electron chi connectivity index (χ2n) is 6.49. The van der Waals surface area contributed by atoms with Crippen molar-refractivity contribution in [1.29, 1.82) is 0 Å². The van der Waals surface area contributed by atoms with Crippen LogP contribution in [-0.2, 0) is 16.1 Å². The number of nitrogens with two attached hydrogens (primary N) is 1. The Bertz CT molecular complexity index is 529. The van der Waals surface area contributed by atoms with Crippen molar-refractivity contribution in [1.82, 2.24) is 10.2 Å². The Hall–Kier alpha value is -1.05. The van der Waals surface area contributed by atoms with Crippen LogP contribution in [0.4, 0.5) is 0 Å². The van der Waals surface area contributed by atoms with E-state index in [2.05, 4.69) is 17.3 Å². The molecule has 1 aliphatic rings. The smallest absolute Gasteiger partial charge is 0.220 e. The zero-order valence-corrected chi connectivity index (χ0v) is 17.7. The van der Waals surface area contributed by atoms with Crippen molar-refractivity contribution < 1.29 is 14.3 Å². The maximum Gasteiger partial charge on any atom is 0.220 e. The van der Waals surface area contributed by atoms with Crippen molar-refractivity contribution in [3.05, 3.63) is 29.8 Å². The minimum atomic E-state index is 0. The SMILES string of the molecule is CN(CCOc1cccc(CNC(=O)CCCN)c1)C1CCOCC1.Cl.Cl. The van der Waals surface area contributed by atoms with Crippen LogP contribution >= 0.6 is 24.8 Å². The molecule has 0 radical (unpaired) electrons. The summed E-state index contributed by atoms with van der Waals surface area (Å²) in [5.41, 5.74) is 6.45. The molecule has 0 atom stereocenters. The Morgan fingerprint density at radius 3 is 2.78 bits per heavy atom. The van der Waals surface area contributed by atoms with Gasteiger partial charge in [-0.2, -0.15) is 0 Å². The Morgan fingerprint density at radius 2 is 2.07 bits per heavy atom. The maximum absolute atomic E-state index is 11.6. The molecule has 6 nitrogen and oxygen atoms in total. The van der Waals surface area contributed by atoms with Gasteiger partial charge in [-0.1, -0.05) is 12.1 Å². The molecule has 1 saturated heterocycles. The van der Waals surface area contributed by atoms with Crippen LogP contribution in [0, 0.1) is 0 Å². The highest BCUT2D eigenvalue weighted by atomic mass is 35.5. The molecule has 27 heavy (non-hydrogen) atoms. The third-order valence-electron chi connectivity index (χ3n) is 4.52. The topological polar surface area (TPSA) is 76.8 Å². The summed E-state index contributed by atoms with van der Waals surface area (Å²) >= 11 is 0. The number of rotatable bonds is 10. The van der Waals surface area contributed by atoms with Gasteiger partial charge >= 0.3 is 0 Å². The van der Waals surface area contributed by atoms with Crippen LogP contribution in [0.2, 0.25) is 0 Å². The average Bonchev–Trinajstić information content (AvgIpc) is 2.65. The number of amides is 1. The second-order valence-corrected chi connectivity index (χ2v) is 6.49. The highest BCUT2D eigenvalue weighted by Gasteiger charge is 2.17. The monoisotopic (exact) mass is 421 g/mol. The molecule has 156 valence electrons. The van der Waals surface area contributed by atoms with E-state index in [4.69, 9.17) is 15.2 Å². The first-order valence-corrected chi connectivity index (χ1v) is 9.15. The van der Waals surface area contributed by atoms with Crippen molar-refractivity contribution in [2.45, 2.75) is 38.3 Å². The van der Waals surface area contributed by atoms with E-state index in [0.29, 0.717) is 32.2 Å². The van der Waals surface area contributed by atoms with Crippen molar-refractivity contribution in [2.75, 3.05) is 40.0 Å². The molecular weight excluding hydrogens is 389 g/mol. The standard InChI is InChI=1S/C19H31N3O3.2ClH/c1-22(17-7-11-24-12-8-17)10-13-25-18-5-2-4-16(14-18)15-21-19(23)6-3-9-20;;/h2,4-5,14,17H,3,6-13,15,20H2,1H3,(H,21,23);2*1H. The number of benzene rings is 1. The molecule has 0 aromatic heterocycles. The molecule has 1 heterocycles. The van der Waals surface area contributed by atoms with E-state index in [1.54, 1.807) is 0 Å². The van der Waals surface area contributed by atoms with Gasteiger partial charge in [0, 0.05) is 38.8 Å². The predicted molar refractivity (Wildman–Crippen MR) is 113 cm³/mol. The van der Waals surface area contributed by atoms with E-state index in [0.717, 1.165) is 50.3 Å². The summed E-state index contributed by atoms with van der Waals surface area (Å²) < 4.78 is 11.3. The van der Waals surface area contributed by atoms with Crippen molar-refractivity contribution in [2.24, 2.45) is 5.73 Å². The molecule has 1 amide bonds. The second kappa shape index (κ2) is 14.9. The number of carbonyl (C=O) groups excluding carboxylic acids is 1. The van der Waals surface area contributed by atoms with E-state index < -0.39 is 0 Å². The predicted octanol–water partition coefficient (Wildman–Crippen LogP) is 2.37. The van der Waals surface area contributed by atoms with Gasteiger partial charge in [0.05, 0.1) is 0 Å². The number of nitrogens with one attached hydrogen (secondary N) is 1. The number of ether oxygens (including phenoxy) is 2. The minimum Gasteiger partial charge on any atom is -0.492 e. The number of nitrogens with zero attached hydrogens (tertiary/aromatic N) is 1. The minimum absolute atomic E-state index is 0. The van der Waals surface area contributed by atoms with E-state index in [1.807, 2.05) is 24.3 Å². The fraction of sp³-hybridized carbons (Fsp3) is 0.632. The lowest BCUT2D eigenvalue weighted by molar-refractivity contribution is -0.121. The lowest BCUT2D eigenvalue weighted by Gasteiger charge is -2.31. The molecule has 0 bridgehead atoms. The molecule has 0 saturated carbocycles. The van der Waals surface area contributed by atoms with Crippen LogP contribution in [0.25, 0.3) is 0 Å². The largest absolute Gasteiger partial charge is 0.492 e. The summed E-state index contributed by atoms with van der Waals surface area (Å²) in [6, 6.07) is 8.47. The fourth-order valence-electron chi connectivity index (χ4n) is 2.91. The number of likely N-dealkylation sites (N-methyl/N-ethyl adjacent to an activating group) is 1. The highest BCUT2D eigenvalue weighted by molar-refractivity contribution is 5.85. The summed E-state index contributed by atoms with van der Waals surface area (Å²) in [6.45, 7) is 4.32. The summed E-state index contributed by atoms with van der Waals surface area (Å²) in [7, 11) is 2.15. The van der Waals surface area contributed by atoms with E-state index in [9.17, 15) is 4.79 Å². The fourth-order valence-corrected chi connectivity index (χ4v) is 2.91. The van der Waals surface area contributed by atoms with Crippen LogP contribution in [0.1, 0.15) is 31.2 Å². The molecule has 1 aromatic rings.